The van der Waals surface area contributed by atoms with Crippen LogP contribution in [0.25, 0.3) is 0 Å². The summed E-state index contributed by atoms with van der Waals surface area (Å²) in [7, 11) is -3.95. The Kier molecular flexibility index (Phi) is 4.92. The first-order chi connectivity index (χ1) is 8.66. The fourth-order valence-electron chi connectivity index (χ4n) is 0.888. The number of hydrogen-bond donors (Lipinski definition) is 4. The van der Waals surface area contributed by atoms with Gasteiger partial charge in [0, 0.05) is 13.5 Å². The maximum absolute atomic E-state index is 11.8. The summed E-state index contributed by atoms with van der Waals surface area (Å²) in [5, 5.41) is 27.6. The molecule has 0 saturated carbocycles. The van der Waals surface area contributed by atoms with E-state index in [4.69, 9.17) is 5.11 Å². The summed E-state index contributed by atoms with van der Waals surface area (Å²) in [5.41, 5.74) is -1.57. The predicted octanol–water partition coefficient (Wildman–Crippen LogP) is -1.48. The Balaban J connectivity index is 2.78. The summed E-state index contributed by atoms with van der Waals surface area (Å²) in [6.07, 6.45) is 0. The summed E-state index contributed by atoms with van der Waals surface area (Å²) in [5.74, 6) is -0.392. The Labute approximate surface area is 113 Å². The SMILES string of the molecule is CC(=O)Nc1nnc(S(=O)(=O)NCC(C)(O)CO)s1. The van der Waals surface area contributed by atoms with Gasteiger partial charge >= 0.3 is 0 Å². The van der Waals surface area contributed by atoms with Gasteiger partial charge in [-0.25, -0.2) is 13.1 Å². The molecule has 0 radical (unpaired) electrons. The Morgan fingerprint density at radius 2 is 2.11 bits per heavy atom. The van der Waals surface area contributed by atoms with Gasteiger partial charge in [0.15, 0.2) is 0 Å². The average molecular weight is 310 g/mol. The number of sulfonamides is 1. The quantitative estimate of drug-likeness (QED) is 0.469. The van der Waals surface area contributed by atoms with E-state index >= 15 is 0 Å². The van der Waals surface area contributed by atoms with Gasteiger partial charge in [-0.05, 0) is 6.92 Å². The molecule has 0 aliphatic rings. The lowest BCUT2D eigenvalue weighted by atomic mass is 10.1. The molecule has 1 amide bonds. The minimum Gasteiger partial charge on any atom is -0.393 e. The summed E-state index contributed by atoms with van der Waals surface area (Å²) in [6.45, 7) is 1.56. The van der Waals surface area contributed by atoms with Gasteiger partial charge in [-0.1, -0.05) is 11.3 Å². The number of aliphatic hydroxyl groups is 2. The maximum Gasteiger partial charge on any atom is 0.269 e. The molecule has 0 spiro atoms. The maximum atomic E-state index is 11.8. The van der Waals surface area contributed by atoms with Crippen LogP contribution < -0.4 is 10.0 Å². The first-order valence-electron chi connectivity index (χ1n) is 5.10. The smallest absolute Gasteiger partial charge is 0.269 e. The van der Waals surface area contributed by atoms with Crippen molar-refractivity contribution in [1.82, 2.24) is 14.9 Å². The van der Waals surface area contributed by atoms with Crippen LogP contribution in [0.4, 0.5) is 5.13 Å². The molecule has 11 heteroatoms. The van der Waals surface area contributed by atoms with Crippen molar-refractivity contribution in [2.75, 3.05) is 18.5 Å². The van der Waals surface area contributed by atoms with E-state index in [2.05, 4.69) is 20.2 Å². The largest absolute Gasteiger partial charge is 0.393 e. The molecule has 4 N–H and O–H groups in total. The summed E-state index contributed by atoms with van der Waals surface area (Å²) >= 11 is 0.678. The van der Waals surface area contributed by atoms with Crippen molar-refractivity contribution in [2.24, 2.45) is 0 Å². The molecule has 19 heavy (non-hydrogen) atoms. The monoisotopic (exact) mass is 310 g/mol. The zero-order valence-corrected chi connectivity index (χ0v) is 11.9. The van der Waals surface area contributed by atoms with Gasteiger partial charge in [0.1, 0.15) is 0 Å². The Hall–Kier alpha value is -1.14. The van der Waals surface area contributed by atoms with Crippen LogP contribution in [0, 0.1) is 0 Å². The lowest BCUT2D eigenvalue weighted by molar-refractivity contribution is -0.114. The highest BCUT2D eigenvalue weighted by Crippen LogP contribution is 2.19. The fraction of sp³-hybridized carbons (Fsp3) is 0.625. The van der Waals surface area contributed by atoms with E-state index in [0.29, 0.717) is 11.3 Å². The fourth-order valence-corrected chi connectivity index (χ4v) is 3.04. The normalized spacial score (nSPS) is 14.9. The van der Waals surface area contributed by atoms with E-state index in [0.717, 1.165) is 0 Å². The lowest BCUT2D eigenvalue weighted by Gasteiger charge is -2.19. The van der Waals surface area contributed by atoms with Crippen molar-refractivity contribution in [1.29, 1.82) is 0 Å². The number of anilines is 1. The standard InChI is InChI=1S/C8H14N4O5S2/c1-5(14)10-6-11-12-7(18-6)19(16,17)9-3-8(2,15)4-13/h9,13,15H,3-4H2,1-2H3,(H,10,11,14). The van der Waals surface area contributed by atoms with Crippen LogP contribution in [-0.4, -0.2) is 53.5 Å². The van der Waals surface area contributed by atoms with Crippen molar-refractivity contribution >= 4 is 32.4 Å². The molecule has 1 heterocycles. The summed E-state index contributed by atoms with van der Waals surface area (Å²) in [6, 6.07) is 0. The number of carbonyl (C=O) groups excluding carboxylic acids is 1. The molecular formula is C8H14N4O5S2. The summed E-state index contributed by atoms with van der Waals surface area (Å²) < 4.78 is 25.3. The number of rotatable bonds is 6. The molecule has 0 saturated heterocycles. The van der Waals surface area contributed by atoms with Crippen molar-refractivity contribution in [3.63, 3.8) is 0 Å². The van der Waals surface area contributed by atoms with Gasteiger partial charge in [0.25, 0.3) is 10.0 Å². The number of nitrogens with zero attached hydrogens (tertiary/aromatic N) is 2. The van der Waals surface area contributed by atoms with Gasteiger partial charge < -0.3 is 15.5 Å². The molecule has 0 aromatic carbocycles. The zero-order chi connectivity index (χ0) is 14.7. The molecule has 0 fully saturated rings. The molecule has 1 unspecified atom stereocenters. The van der Waals surface area contributed by atoms with Gasteiger partial charge in [0.05, 0.1) is 12.2 Å². The minimum absolute atomic E-state index is 0.0572. The van der Waals surface area contributed by atoms with Crippen LogP contribution in [0.1, 0.15) is 13.8 Å². The first-order valence-corrected chi connectivity index (χ1v) is 7.40. The molecule has 1 aromatic heterocycles. The second kappa shape index (κ2) is 5.88. The van der Waals surface area contributed by atoms with E-state index < -0.39 is 28.1 Å². The molecule has 0 aliphatic carbocycles. The highest BCUT2D eigenvalue weighted by molar-refractivity contribution is 7.91. The number of aliphatic hydroxyl groups excluding tert-OH is 1. The molecule has 9 nitrogen and oxygen atoms in total. The van der Waals surface area contributed by atoms with Gasteiger partial charge in [-0.15, -0.1) is 10.2 Å². The van der Waals surface area contributed by atoms with Crippen LogP contribution in [0.15, 0.2) is 4.34 Å². The number of carbonyl (C=O) groups is 1. The number of amides is 1. The molecule has 0 bridgehead atoms. The van der Waals surface area contributed by atoms with Gasteiger partial charge in [0.2, 0.25) is 15.4 Å². The number of nitrogens with one attached hydrogen (secondary N) is 2. The van der Waals surface area contributed by atoms with Crippen LogP contribution in [0.3, 0.4) is 0 Å². The average Bonchev–Trinajstić information content (AvgIpc) is 2.75. The van der Waals surface area contributed by atoms with Crippen LogP contribution >= 0.6 is 11.3 Å². The van der Waals surface area contributed by atoms with Gasteiger partial charge in [-0.3, -0.25) is 4.79 Å². The molecule has 1 aromatic rings. The molecule has 1 rings (SSSR count). The van der Waals surface area contributed by atoms with E-state index in [1.807, 2.05) is 0 Å². The Bertz CT molecular complexity index is 553. The Morgan fingerprint density at radius 1 is 1.47 bits per heavy atom. The second-order valence-corrected chi connectivity index (χ2v) is 6.95. The van der Waals surface area contributed by atoms with E-state index in [1.165, 1.54) is 13.8 Å². The van der Waals surface area contributed by atoms with E-state index in [1.54, 1.807) is 0 Å². The zero-order valence-electron chi connectivity index (χ0n) is 10.2. The second-order valence-electron chi connectivity index (χ2n) is 4.03. The minimum atomic E-state index is -3.95. The van der Waals surface area contributed by atoms with Crippen LogP contribution in [-0.2, 0) is 14.8 Å². The topological polar surface area (TPSA) is 142 Å². The molecular weight excluding hydrogens is 296 g/mol. The third kappa shape index (κ3) is 4.80. The molecule has 108 valence electrons. The lowest BCUT2D eigenvalue weighted by Crippen LogP contribution is -2.43. The van der Waals surface area contributed by atoms with Crippen molar-refractivity contribution in [3.05, 3.63) is 0 Å². The van der Waals surface area contributed by atoms with Crippen LogP contribution in [0.5, 0.6) is 0 Å². The highest BCUT2D eigenvalue weighted by atomic mass is 32.2. The summed E-state index contributed by atoms with van der Waals surface area (Å²) in [4.78, 5) is 10.8. The van der Waals surface area contributed by atoms with Gasteiger partial charge in [-0.2, -0.15) is 0 Å². The van der Waals surface area contributed by atoms with Crippen molar-refractivity contribution in [2.45, 2.75) is 23.8 Å². The van der Waals surface area contributed by atoms with E-state index in [-0.39, 0.29) is 16.0 Å². The van der Waals surface area contributed by atoms with Crippen molar-refractivity contribution in [3.8, 4) is 0 Å². The number of hydrogen-bond acceptors (Lipinski definition) is 8. The predicted molar refractivity (Wildman–Crippen MR) is 67.1 cm³/mol. The van der Waals surface area contributed by atoms with Crippen molar-refractivity contribution < 1.29 is 23.4 Å². The van der Waals surface area contributed by atoms with E-state index in [9.17, 15) is 18.3 Å². The third-order valence-electron chi connectivity index (χ3n) is 1.90. The van der Waals surface area contributed by atoms with Crippen LogP contribution in [0.2, 0.25) is 0 Å². The third-order valence-corrected chi connectivity index (χ3v) is 4.51. The first kappa shape index (κ1) is 15.9. The molecule has 0 aliphatic heterocycles. The highest BCUT2D eigenvalue weighted by Gasteiger charge is 2.26. The molecule has 1 atom stereocenters. The number of aromatic nitrogens is 2. The Morgan fingerprint density at radius 3 is 2.63 bits per heavy atom.